The lowest BCUT2D eigenvalue weighted by Crippen LogP contribution is -2.40. The fourth-order valence-corrected chi connectivity index (χ4v) is 5.15. The van der Waals surface area contributed by atoms with Crippen LogP contribution in [-0.4, -0.2) is 46.0 Å². The van der Waals surface area contributed by atoms with Crippen LogP contribution in [0.1, 0.15) is 22.3 Å². The second-order valence-electron chi connectivity index (χ2n) is 7.71. The normalized spacial score (nSPS) is 17.7. The molecule has 33 heavy (non-hydrogen) atoms. The van der Waals surface area contributed by atoms with Crippen molar-refractivity contribution < 1.29 is 13.9 Å². The van der Waals surface area contributed by atoms with E-state index in [4.69, 9.17) is 17.0 Å². The van der Waals surface area contributed by atoms with Gasteiger partial charge in [0.2, 0.25) is 0 Å². The van der Waals surface area contributed by atoms with Gasteiger partial charge < -0.3 is 9.64 Å². The molecule has 0 radical (unpaired) electrons. The summed E-state index contributed by atoms with van der Waals surface area (Å²) >= 11 is 6.61. The molecule has 170 valence electrons. The van der Waals surface area contributed by atoms with Gasteiger partial charge in [0, 0.05) is 25.7 Å². The van der Waals surface area contributed by atoms with E-state index in [9.17, 15) is 19.2 Å². The van der Waals surface area contributed by atoms with E-state index in [0.717, 1.165) is 5.56 Å². The molecule has 1 amide bonds. The summed E-state index contributed by atoms with van der Waals surface area (Å²) in [7, 11) is 1.63. The van der Waals surface area contributed by atoms with Crippen molar-refractivity contribution in [1.29, 1.82) is 5.26 Å². The Balaban J connectivity index is 1.76. The number of nitriles is 1. The van der Waals surface area contributed by atoms with E-state index in [1.807, 2.05) is 11.0 Å². The van der Waals surface area contributed by atoms with Gasteiger partial charge in [0.25, 0.3) is 11.5 Å². The van der Waals surface area contributed by atoms with Crippen LogP contribution < -0.4 is 10.5 Å². The van der Waals surface area contributed by atoms with E-state index < -0.39 is 0 Å². The highest BCUT2D eigenvalue weighted by atomic mass is 32.2. The lowest BCUT2D eigenvalue weighted by atomic mass is 10.0. The van der Waals surface area contributed by atoms with Crippen LogP contribution in [-0.2, 0) is 23.1 Å². The largest absolute Gasteiger partial charge is 0.378 e. The number of halogens is 1. The Morgan fingerprint density at radius 2 is 1.91 bits per heavy atom. The first-order chi connectivity index (χ1) is 15.8. The van der Waals surface area contributed by atoms with E-state index in [-0.39, 0.29) is 29.4 Å². The number of morpholine rings is 1. The molecule has 4 rings (SSSR count). The first kappa shape index (κ1) is 23.2. The van der Waals surface area contributed by atoms with Gasteiger partial charge in [-0.05, 0) is 36.3 Å². The van der Waals surface area contributed by atoms with Crippen molar-refractivity contribution in [2.45, 2.75) is 13.5 Å². The molecule has 2 aromatic rings. The molecule has 2 aliphatic heterocycles. The van der Waals surface area contributed by atoms with Crippen LogP contribution in [0, 0.1) is 24.1 Å². The topological polar surface area (TPSA) is 78.6 Å². The quantitative estimate of drug-likeness (QED) is 0.488. The third-order valence-electron chi connectivity index (χ3n) is 5.68. The van der Waals surface area contributed by atoms with E-state index >= 15 is 0 Å². The summed E-state index contributed by atoms with van der Waals surface area (Å²) in [5, 5.41) is 9.58. The lowest BCUT2D eigenvalue weighted by molar-refractivity contribution is -0.122. The maximum atomic E-state index is 13.2. The molecule has 0 unspecified atom stereocenters. The first-order valence-corrected chi connectivity index (χ1v) is 11.5. The molecule has 0 N–H and O–H groups in total. The van der Waals surface area contributed by atoms with Gasteiger partial charge in [-0.15, -0.1) is 0 Å². The van der Waals surface area contributed by atoms with Crippen LogP contribution in [0.2, 0.25) is 0 Å². The summed E-state index contributed by atoms with van der Waals surface area (Å²) < 4.78 is 20.5. The van der Waals surface area contributed by atoms with Crippen LogP contribution in [0.15, 0.2) is 34.0 Å². The zero-order valence-corrected chi connectivity index (χ0v) is 19.8. The van der Waals surface area contributed by atoms with Gasteiger partial charge in [0.05, 0.1) is 24.7 Å². The maximum Gasteiger partial charge on any atom is 0.270 e. The van der Waals surface area contributed by atoms with Gasteiger partial charge in [-0.2, -0.15) is 5.26 Å². The number of carbonyl (C=O) groups is 1. The molecule has 0 atom stereocenters. The molecule has 2 aliphatic rings. The Morgan fingerprint density at radius 1 is 1.24 bits per heavy atom. The van der Waals surface area contributed by atoms with E-state index in [2.05, 4.69) is 0 Å². The predicted molar refractivity (Wildman–Crippen MR) is 129 cm³/mol. The Hall–Kier alpha value is -3.00. The number of hydrogen-bond donors (Lipinski definition) is 0. The number of aromatic nitrogens is 1. The zero-order chi connectivity index (χ0) is 23.7. The maximum absolute atomic E-state index is 13.2. The zero-order valence-electron chi connectivity index (χ0n) is 18.1. The van der Waals surface area contributed by atoms with E-state index in [1.54, 1.807) is 32.2 Å². The number of pyridine rings is 1. The summed E-state index contributed by atoms with van der Waals surface area (Å²) in [6.45, 7) is 4.16. The van der Waals surface area contributed by atoms with Crippen molar-refractivity contribution >= 4 is 46.1 Å². The third-order valence-corrected chi connectivity index (χ3v) is 7.06. The molecule has 10 heteroatoms. The van der Waals surface area contributed by atoms with Crippen molar-refractivity contribution in [2.24, 2.45) is 7.05 Å². The Labute approximate surface area is 200 Å². The molecule has 7 nitrogen and oxygen atoms in total. The Bertz CT molecular complexity index is 1260. The molecule has 3 heterocycles. The van der Waals surface area contributed by atoms with Gasteiger partial charge in [-0.1, -0.05) is 36.1 Å². The van der Waals surface area contributed by atoms with Crippen LogP contribution in [0.5, 0.6) is 0 Å². The summed E-state index contributed by atoms with van der Waals surface area (Å²) in [5.74, 6) is 0.0238. The minimum Gasteiger partial charge on any atom is -0.378 e. The highest BCUT2D eigenvalue weighted by Crippen LogP contribution is 2.36. The first-order valence-electron chi connectivity index (χ1n) is 10.3. The summed E-state index contributed by atoms with van der Waals surface area (Å²) in [6, 6.07) is 7.92. The van der Waals surface area contributed by atoms with Crippen molar-refractivity contribution in [3.63, 3.8) is 0 Å². The average Bonchev–Trinajstić information content (AvgIpc) is 3.07. The standard InChI is InChI=1S/C23H21FN4O3S2/c1-14-17(20(27-7-9-31-10-8-27)26(2)21(29)18(14)12-25)11-19-22(30)28(23(32)33-19)13-15-3-5-16(24)6-4-15/h3-6,11H,7-10,13H2,1-2H3/b19-11-. The molecule has 1 aromatic carbocycles. The van der Waals surface area contributed by atoms with Crippen molar-refractivity contribution in [2.75, 3.05) is 31.2 Å². The highest BCUT2D eigenvalue weighted by molar-refractivity contribution is 8.26. The average molecular weight is 485 g/mol. The third kappa shape index (κ3) is 4.44. The molecule has 2 fully saturated rings. The van der Waals surface area contributed by atoms with Crippen molar-refractivity contribution in [3.05, 3.63) is 67.6 Å². The number of amides is 1. The number of ether oxygens (including phenoxy) is 1. The molecule has 0 aliphatic carbocycles. The predicted octanol–water partition coefficient (Wildman–Crippen LogP) is 2.94. The fourth-order valence-electron chi connectivity index (χ4n) is 3.91. The Morgan fingerprint density at radius 3 is 2.55 bits per heavy atom. The van der Waals surface area contributed by atoms with E-state index in [1.165, 1.54) is 33.4 Å². The number of nitrogens with zero attached hydrogens (tertiary/aromatic N) is 4. The molecule has 1 aromatic heterocycles. The number of carbonyl (C=O) groups excluding carboxylic acids is 1. The van der Waals surface area contributed by atoms with Gasteiger partial charge in [-0.3, -0.25) is 19.1 Å². The fraction of sp³-hybridized carbons (Fsp3) is 0.304. The van der Waals surface area contributed by atoms with Gasteiger partial charge >= 0.3 is 0 Å². The van der Waals surface area contributed by atoms with Crippen LogP contribution in [0.3, 0.4) is 0 Å². The summed E-state index contributed by atoms with van der Waals surface area (Å²) in [5.41, 5.74) is 1.58. The SMILES string of the molecule is Cc1c(/C=C2\SC(=S)N(Cc3ccc(F)cc3)C2=O)c(N2CCOCC2)n(C)c(=O)c1C#N. The molecule has 0 spiro atoms. The molecule has 2 saturated heterocycles. The molecule has 0 saturated carbocycles. The lowest BCUT2D eigenvalue weighted by Gasteiger charge is -2.32. The second kappa shape index (κ2) is 9.47. The highest BCUT2D eigenvalue weighted by Gasteiger charge is 2.33. The van der Waals surface area contributed by atoms with E-state index in [0.29, 0.717) is 52.5 Å². The Kier molecular flexibility index (Phi) is 6.65. The second-order valence-corrected chi connectivity index (χ2v) is 9.38. The minimum atomic E-state index is -0.377. The van der Waals surface area contributed by atoms with Crippen LogP contribution >= 0.6 is 24.0 Å². The number of thioether (sulfide) groups is 1. The van der Waals surface area contributed by atoms with Crippen molar-refractivity contribution in [1.82, 2.24) is 9.47 Å². The van der Waals surface area contributed by atoms with Crippen molar-refractivity contribution in [3.8, 4) is 6.07 Å². The number of thiocarbonyl (C=S) groups is 1. The monoisotopic (exact) mass is 484 g/mol. The summed E-state index contributed by atoms with van der Waals surface area (Å²) in [6.07, 6.45) is 1.71. The van der Waals surface area contributed by atoms with Gasteiger partial charge in [-0.25, -0.2) is 4.39 Å². The molecular formula is C23H21FN4O3S2. The van der Waals surface area contributed by atoms with Crippen LogP contribution in [0.25, 0.3) is 6.08 Å². The summed E-state index contributed by atoms with van der Waals surface area (Å²) in [4.78, 5) is 29.9. The minimum absolute atomic E-state index is 0.0440. The number of rotatable bonds is 4. The van der Waals surface area contributed by atoms with Crippen LogP contribution in [0.4, 0.5) is 10.2 Å². The number of anilines is 1. The smallest absolute Gasteiger partial charge is 0.270 e. The molecular weight excluding hydrogens is 463 g/mol. The van der Waals surface area contributed by atoms with Gasteiger partial charge in [0.15, 0.2) is 0 Å². The molecule has 0 bridgehead atoms. The number of benzene rings is 1. The van der Waals surface area contributed by atoms with Gasteiger partial charge in [0.1, 0.15) is 27.6 Å². The number of hydrogen-bond acceptors (Lipinski definition) is 7.